The summed E-state index contributed by atoms with van der Waals surface area (Å²) in [6.07, 6.45) is 1.00. The summed E-state index contributed by atoms with van der Waals surface area (Å²) in [4.78, 5) is 0. The van der Waals surface area contributed by atoms with Crippen molar-refractivity contribution in [2.75, 3.05) is 13.7 Å². The molecule has 0 saturated heterocycles. The third kappa shape index (κ3) is 5.74. The number of rotatable bonds is 7. The number of ether oxygens (including phenoxy) is 2. The minimum absolute atomic E-state index is 0.105. The van der Waals surface area contributed by atoms with E-state index >= 15 is 0 Å². The summed E-state index contributed by atoms with van der Waals surface area (Å²) in [7, 11) is 1.43. The van der Waals surface area contributed by atoms with Crippen LogP contribution in [0.5, 0.6) is 11.5 Å². The molecule has 3 nitrogen and oxygen atoms in total. The van der Waals surface area contributed by atoms with Gasteiger partial charge in [-0.1, -0.05) is 32.9 Å². The van der Waals surface area contributed by atoms with Crippen molar-refractivity contribution in [2.45, 2.75) is 40.3 Å². The number of hydrogen-bond donors (Lipinski definition) is 1. The fourth-order valence-electron chi connectivity index (χ4n) is 1.77. The molecular formula is C15H23F2NO2. The van der Waals surface area contributed by atoms with E-state index in [9.17, 15) is 8.78 Å². The lowest BCUT2D eigenvalue weighted by atomic mass is 9.92. The van der Waals surface area contributed by atoms with Crippen molar-refractivity contribution >= 4 is 0 Å². The van der Waals surface area contributed by atoms with Gasteiger partial charge in [0.2, 0.25) is 0 Å². The van der Waals surface area contributed by atoms with E-state index in [1.807, 2.05) is 0 Å². The number of nitrogens with one attached hydrogen (secondary N) is 1. The van der Waals surface area contributed by atoms with Crippen molar-refractivity contribution in [1.29, 1.82) is 0 Å². The van der Waals surface area contributed by atoms with E-state index in [-0.39, 0.29) is 11.2 Å². The van der Waals surface area contributed by atoms with Gasteiger partial charge in [-0.05, 0) is 24.4 Å². The average molecular weight is 287 g/mol. The molecule has 1 aromatic carbocycles. The van der Waals surface area contributed by atoms with E-state index < -0.39 is 6.61 Å². The van der Waals surface area contributed by atoms with Gasteiger partial charge in [-0.15, -0.1) is 0 Å². The first-order chi connectivity index (χ1) is 9.33. The van der Waals surface area contributed by atoms with Gasteiger partial charge in [-0.2, -0.15) is 8.78 Å². The monoisotopic (exact) mass is 287 g/mol. The molecule has 0 radical (unpaired) electrons. The second kappa shape index (κ2) is 7.43. The van der Waals surface area contributed by atoms with E-state index in [0.717, 1.165) is 13.0 Å². The minimum Gasteiger partial charge on any atom is -0.493 e. The molecule has 0 bridgehead atoms. The Hall–Kier alpha value is -1.36. The number of benzene rings is 1. The normalized spacial score (nSPS) is 11.8. The van der Waals surface area contributed by atoms with Gasteiger partial charge in [0.05, 0.1) is 7.11 Å². The minimum atomic E-state index is -2.86. The number of alkyl halides is 2. The molecule has 0 fully saturated rings. The molecule has 0 amide bonds. The first-order valence-electron chi connectivity index (χ1n) is 6.65. The highest BCUT2D eigenvalue weighted by atomic mass is 19.3. The number of halogens is 2. The summed E-state index contributed by atoms with van der Waals surface area (Å²) in [6.45, 7) is 4.90. The van der Waals surface area contributed by atoms with Crippen LogP contribution in [0.15, 0.2) is 18.2 Å². The van der Waals surface area contributed by atoms with Crippen molar-refractivity contribution in [3.8, 4) is 11.5 Å². The topological polar surface area (TPSA) is 30.5 Å². The molecule has 0 saturated carbocycles. The fourth-order valence-corrected chi connectivity index (χ4v) is 1.77. The molecule has 5 heteroatoms. The first kappa shape index (κ1) is 16.7. The summed E-state index contributed by atoms with van der Waals surface area (Å²) >= 11 is 0. The summed E-state index contributed by atoms with van der Waals surface area (Å²) < 4.78 is 34.6. The Bertz CT molecular complexity index is 417. The zero-order valence-electron chi connectivity index (χ0n) is 12.5. The number of hydrogen-bond acceptors (Lipinski definition) is 3. The van der Waals surface area contributed by atoms with Crippen molar-refractivity contribution < 1.29 is 18.3 Å². The van der Waals surface area contributed by atoms with E-state index in [1.54, 1.807) is 18.2 Å². The van der Waals surface area contributed by atoms with Gasteiger partial charge in [-0.25, -0.2) is 0 Å². The van der Waals surface area contributed by atoms with Gasteiger partial charge < -0.3 is 14.8 Å². The third-order valence-corrected chi connectivity index (χ3v) is 2.85. The van der Waals surface area contributed by atoms with Gasteiger partial charge in [0.15, 0.2) is 11.5 Å². The predicted molar refractivity (Wildman–Crippen MR) is 75.4 cm³/mol. The van der Waals surface area contributed by atoms with Crippen LogP contribution < -0.4 is 14.8 Å². The molecule has 1 N–H and O–H groups in total. The lowest BCUT2D eigenvalue weighted by Crippen LogP contribution is -2.20. The smallest absolute Gasteiger partial charge is 0.387 e. The van der Waals surface area contributed by atoms with Gasteiger partial charge in [0.25, 0.3) is 0 Å². The molecule has 1 aromatic rings. The van der Waals surface area contributed by atoms with Crippen LogP contribution in [-0.4, -0.2) is 20.3 Å². The standard InChI is InChI=1S/C15H23F2NO2/c1-15(2,3)8-9-18-10-11-6-5-7-12(19-4)13(11)20-14(16)17/h5-7,14,18H,8-10H2,1-4H3. The zero-order valence-corrected chi connectivity index (χ0v) is 12.5. The molecule has 1 rings (SSSR count). The second-order valence-electron chi connectivity index (χ2n) is 5.81. The zero-order chi connectivity index (χ0) is 15.2. The number of methoxy groups -OCH3 is 1. The van der Waals surface area contributed by atoms with E-state index in [0.29, 0.717) is 17.9 Å². The van der Waals surface area contributed by atoms with Crippen LogP contribution in [0.2, 0.25) is 0 Å². The quantitative estimate of drug-likeness (QED) is 0.773. The SMILES string of the molecule is COc1cccc(CNCCC(C)(C)C)c1OC(F)F. The Morgan fingerprint density at radius 3 is 2.50 bits per heavy atom. The molecule has 0 aliphatic rings. The molecular weight excluding hydrogens is 264 g/mol. The summed E-state index contributed by atoms with van der Waals surface area (Å²) in [5.41, 5.74) is 0.905. The summed E-state index contributed by atoms with van der Waals surface area (Å²) in [5.74, 6) is 0.425. The van der Waals surface area contributed by atoms with Crippen LogP contribution in [0.3, 0.4) is 0 Å². The summed E-state index contributed by atoms with van der Waals surface area (Å²) in [6, 6.07) is 5.12. The Morgan fingerprint density at radius 1 is 1.25 bits per heavy atom. The van der Waals surface area contributed by atoms with Gasteiger partial charge >= 0.3 is 6.61 Å². The molecule has 0 spiro atoms. The van der Waals surface area contributed by atoms with Crippen LogP contribution in [-0.2, 0) is 6.54 Å². The maximum absolute atomic E-state index is 12.5. The lowest BCUT2D eigenvalue weighted by Gasteiger charge is -2.19. The lowest BCUT2D eigenvalue weighted by molar-refractivity contribution is -0.0518. The Morgan fingerprint density at radius 2 is 1.95 bits per heavy atom. The van der Waals surface area contributed by atoms with Crippen LogP contribution >= 0.6 is 0 Å². The molecule has 0 atom stereocenters. The van der Waals surface area contributed by atoms with Crippen LogP contribution in [0, 0.1) is 5.41 Å². The predicted octanol–water partition coefficient (Wildman–Crippen LogP) is 3.82. The fraction of sp³-hybridized carbons (Fsp3) is 0.600. The first-order valence-corrected chi connectivity index (χ1v) is 6.65. The maximum Gasteiger partial charge on any atom is 0.387 e. The molecule has 20 heavy (non-hydrogen) atoms. The highest BCUT2D eigenvalue weighted by Gasteiger charge is 2.15. The molecule has 0 aromatic heterocycles. The second-order valence-corrected chi connectivity index (χ2v) is 5.81. The molecule has 0 heterocycles. The molecule has 0 unspecified atom stereocenters. The van der Waals surface area contributed by atoms with E-state index in [4.69, 9.17) is 4.74 Å². The Balaban J connectivity index is 2.68. The van der Waals surface area contributed by atoms with Gasteiger partial charge in [-0.3, -0.25) is 0 Å². The van der Waals surface area contributed by atoms with Crippen LogP contribution in [0.4, 0.5) is 8.78 Å². The largest absolute Gasteiger partial charge is 0.493 e. The van der Waals surface area contributed by atoms with Crippen LogP contribution in [0.25, 0.3) is 0 Å². The highest BCUT2D eigenvalue weighted by molar-refractivity contribution is 5.46. The van der Waals surface area contributed by atoms with Crippen molar-refractivity contribution in [2.24, 2.45) is 5.41 Å². The maximum atomic E-state index is 12.5. The van der Waals surface area contributed by atoms with Crippen molar-refractivity contribution in [1.82, 2.24) is 5.32 Å². The van der Waals surface area contributed by atoms with E-state index in [1.165, 1.54) is 7.11 Å². The summed E-state index contributed by atoms with van der Waals surface area (Å²) in [5, 5.41) is 3.24. The van der Waals surface area contributed by atoms with Crippen molar-refractivity contribution in [3.63, 3.8) is 0 Å². The Labute approximate surface area is 119 Å². The van der Waals surface area contributed by atoms with Crippen molar-refractivity contribution in [3.05, 3.63) is 23.8 Å². The third-order valence-electron chi connectivity index (χ3n) is 2.85. The molecule has 114 valence electrons. The molecule has 0 aliphatic heterocycles. The van der Waals surface area contributed by atoms with E-state index in [2.05, 4.69) is 30.8 Å². The van der Waals surface area contributed by atoms with Gasteiger partial charge in [0.1, 0.15) is 0 Å². The highest BCUT2D eigenvalue weighted by Crippen LogP contribution is 2.32. The molecule has 0 aliphatic carbocycles. The van der Waals surface area contributed by atoms with Crippen LogP contribution in [0.1, 0.15) is 32.8 Å². The number of para-hydroxylation sites is 1. The Kier molecular flexibility index (Phi) is 6.20. The average Bonchev–Trinajstić information content (AvgIpc) is 2.34. The van der Waals surface area contributed by atoms with Gasteiger partial charge in [0, 0.05) is 12.1 Å².